The molecule has 1 aliphatic rings. The fourth-order valence-corrected chi connectivity index (χ4v) is 3.39. The van der Waals surface area contributed by atoms with Gasteiger partial charge in [0.1, 0.15) is 12.0 Å². The molecule has 0 bridgehead atoms. The second kappa shape index (κ2) is 7.51. The molecule has 9 heteroatoms. The van der Waals surface area contributed by atoms with Crippen LogP contribution in [0, 0.1) is 10.1 Å². The van der Waals surface area contributed by atoms with Crippen LogP contribution >= 0.6 is 0 Å². The Labute approximate surface area is 153 Å². The van der Waals surface area contributed by atoms with Crippen molar-refractivity contribution in [3.63, 3.8) is 0 Å². The molecule has 2 atom stereocenters. The van der Waals surface area contributed by atoms with Gasteiger partial charge in [-0.15, -0.1) is 0 Å². The van der Waals surface area contributed by atoms with E-state index < -0.39 is 16.7 Å². The van der Waals surface area contributed by atoms with Crippen molar-refractivity contribution in [1.29, 1.82) is 0 Å². The molecule has 0 aliphatic carbocycles. The van der Waals surface area contributed by atoms with Crippen LogP contribution in [0.5, 0.6) is 0 Å². The number of methoxy groups -OCH3 is 1. The second-order valence-electron chi connectivity index (χ2n) is 6.45. The maximum Gasteiger partial charge on any atom is 0.416 e. The van der Waals surface area contributed by atoms with E-state index in [1.54, 1.807) is 13.2 Å². The van der Waals surface area contributed by atoms with Crippen molar-refractivity contribution >= 4 is 11.5 Å². The summed E-state index contributed by atoms with van der Waals surface area (Å²) in [6, 6.07) is 8.14. The third kappa shape index (κ3) is 4.19. The van der Waals surface area contributed by atoms with E-state index in [9.17, 15) is 23.3 Å². The normalized spacial score (nSPS) is 20.1. The molecule has 0 N–H and O–H groups in total. The topological polar surface area (TPSA) is 68.5 Å². The van der Waals surface area contributed by atoms with Gasteiger partial charge in [0.2, 0.25) is 0 Å². The van der Waals surface area contributed by atoms with Gasteiger partial charge in [-0.05, 0) is 30.2 Å². The molecule has 1 aromatic carbocycles. The van der Waals surface area contributed by atoms with Gasteiger partial charge in [-0.3, -0.25) is 10.1 Å². The van der Waals surface area contributed by atoms with Crippen molar-refractivity contribution in [2.24, 2.45) is 0 Å². The van der Waals surface area contributed by atoms with Gasteiger partial charge < -0.3 is 9.64 Å². The third-order valence-corrected chi connectivity index (χ3v) is 4.72. The lowest BCUT2D eigenvalue weighted by Crippen LogP contribution is -2.33. The number of anilines is 1. The Hall–Kier alpha value is -2.68. The number of aromatic nitrogens is 1. The predicted molar refractivity (Wildman–Crippen MR) is 92.7 cm³/mol. The summed E-state index contributed by atoms with van der Waals surface area (Å²) >= 11 is 0. The molecule has 2 heterocycles. The van der Waals surface area contributed by atoms with Gasteiger partial charge in [0, 0.05) is 25.6 Å². The number of nitro groups is 1. The lowest BCUT2D eigenvalue weighted by molar-refractivity contribution is -0.385. The number of hydrogen-bond acceptors (Lipinski definition) is 5. The van der Waals surface area contributed by atoms with Crippen molar-refractivity contribution in [2.45, 2.75) is 24.6 Å². The molecule has 1 saturated heterocycles. The molecule has 0 amide bonds. The fraction of sp³-hybridized carbons (Fsp3) is 0.389. The third-order valence-electron chi connectivity index (χ3n) is 4.72. The van der Waals surface area contributed by atoms with Gasteiger partial charge in [-0.25, -0.2) is 4.98 Å². The highest BCUT2D eigenvalue weighted by Gasteiger charge is 2.35. The molecular weight excluding hydrogens is 363 g/mol. The van der Waals surface area contributed by atoms with Gasteiger partial charge >= 0.3 is 6.18 Å². The van der Waals surface area contributed by atoms with Crippen LogP contribution in [0.3, 0.4) is 0 Å². The summed E-state index contributed by atoms with van der Waals surface area (Å²) in [6.07, 6.45) is -2.47. The number of pyridine rings is 1. The monoisotopic (exact) mass is 381 g/mol. The van der Waals surface area contributed by atoms with Crippen LogP contribution in [-0.2, 0) is 10.9 Å². The number of alkyl halides is 3. The lowest BCUT2D eigenvalue weighted by atomic mass is 9.95. The highest BCUT2D eigenvalue weighted by Crippen LogP contribution is 2.36. The molecule has 27 heavy (non-hydrogen) atoms. The van der Waals surface area contributed by atoms with E-state index in [2.05, 4.69) is 4.98 Å². The van der Waals surface area contributed by atoms with Crippen LogP contribution in [-0.4, -0.2) is 36.2 Å². The van der Waals surface area contributed by atoms with Crippen molar-refractivity contribution in [3.05, 3.63) is 63.8 Å². The highest BCUT2D eigenvalue weighted by atomic mass is 19.4. The van der Waals surface area contributed by atoms with Crippen LogP contribution in [0.4, 0.5) is 24.7 Å². The van der Waals surface area contributed by atoms with E-state index in [4.69, 9.17) is 4.74 Å². The Balaban J connectivity index is 1.81. The van der Waals surface area contributed by atoms with Crippen molar-refractivity contribution in [2.75, 3.05) is 25.2 Å². The largest absolute Gasteiger partial charge is 0.416 e. The van der Waals surface area contributed by atoms with Crippen LogP contribution in [0.2, 0.25) is 0 Å². The first-order valence-corrected chi connectivity index (χ1v) is 8.32. The Morgan fingerprint density at radius 1 is 1.26 bits per heavy atom. The Morgan fingerprint density at radius 3 is 2.48 bits per heavy atom. The molecule has 0 saturated carbocycles. The molecule has 1 fully saturated rings. The average Bonchev–Trinajstić information content (AvgIpc) is 3.05. The summed E-state index contributed by atoms with van der Waals surface area (Å²) in [4.78, 5) is 16.4. The van der Waals surface area contributed by atoms with Gasteiger partial charge in [-0.2, -0.15) is 13.2 Å². The molecule has 2 aromatic rings. The molecule has 3 rings (SSSR count). The molecule has 0 spiro atoms. The minimum atomic E-state index is -4.36. The molecular formula is C18H18F3N3O3. The van der Waals surface area contributed by atoms with Crippen molar-refractivity contribution in [1.82, 2.24) is 4.98 Å². The SMILES string of the molecule is COC[C@@H]1CC(c2ccc(C(F)(F)F)cc2)CN1c1ccc([N+](=O)[O-])cn1. The van der Waals surface area contributed by atoms with Gasteiger partial charge in [0.25, 0.3) is 5.69 Å². The van der Waals surface area contributed by atoms with Crippen LogP contribution in [0.15, 0.2) is 42.6 Å². The molecule has 1 unspecified atom stereocenters. The number of benzene rings is 1. The van der Waals surface area contributed by atoms with E-state index in [1.165, 1.54) is 24.4 Å². The summed E-state index contributed by atoms with van der Waals surface area (Å²) in [6.45, 7) is 0.972. The number of halogens is 3. The van der Waals surface area contributed by atoms with Crippen LogP contribution in [0.25, 0.3) is 0 Å². The van der Waals surface area contributed by atoms with Gasteiger partial charge in [0.15, 0.2) is 0 Å². The molecule has 1 aliphatic heterocycles. The van der Waals surface area contributed by atoms with Crippen LogP contribution in [0.1, 0.15) is 23.5 Å². The molecule has 144 valence electrons. The smallest absolute Gasteiger partial charge is 0.383 e. The zero-order valence-electron chi connectivity index (χ0n) is 14.5. The molecule has 6 nitrogen and oxygen atoms in total. The number of ether oxygens (including phenoxy) is 1. The Bertz CT molecular complexity index is 794. The maximum atomic E-state index is 12.8. The van der Waals surface area contributed by atoms with Gasteiger partial charge in [-0.1, -0.05) is 12.1 Å². The number of hydrogen-bond donors (Lipinski definition) is 0. The summed E-state index contributed by atoms with van der Waals surface area (Å²) in [7, 11) is 1.58. The van der Waals surface area contributed by atoms with Crippen molar-refractivity contribution < 1.29 is 22.8 Å². The minimum Gasteiger partial charge on any atom is -0.383 e. The standard InChI is InChI=1S/C18H18F3N3O3/c1-27-11-16-8-13(12-2-4-14(5-3-12)18(19,20)21)10-23(16)17-7-6-15(9-22-17)24(25)26/h2-7,9,13,16H,8,10-11H2,1H3/t13?,16-/m0/s1. The minimum absolute atomic E-state index is 0.0174. The summed E-state index contributed by atoms with van der Waals surface area (Å²) in [5.74, 6) is 0.599. The van der Waals surface area contributed by atoms with Crippen molar-refractivity contribution in [3.8, 4) is 0 Å². The fourth-order valence-electron chi connectivity index (χ4n) is 3.39. The first-order valence-electron chi connectivity index (χ1n) is 8.32. The first-order chi connectivity index (χ1) is 12.8. The summed E-state index contributed by atoms with van der Waals surface area (Å²) in [5.41, 5.74) is 0.0422. The summed E-state index contributed by atoms with van der Waals surface area (Å²) < 4.78 is 43.5. The van der Waals surface area contributed by atoms with Crippen LogP contribution < -0.4 is 4.90 Å². The number of rotatable bonds is 5. The lowest BCUT2D eigenvalue weighted by Gasteiger charge is -2.24. The highest BCUT2D eigenvalue weighted by molar-refractivity contribution is 5.46. The number of nitrogens with zero attached hydrogens (tertiary/aromatic N) is 3. The Kier molecular flexibility index (Phi) is 5.31. The predicted octanol–water partition coefficient (Wildman–Crippen LogP) is 4.02. The van der Waals surface area contributed by atoms with E-state index in [0.29, 0.717) is 25.4 Å². The first kappa shape index (κ1) is 19.1. The van der Waals surface area contributed by atoms with E-state index in [1.807, 2.05) is 4.90 Å². The Morgan fingerprint density at radius 2 is 1.96 bits per heavy atom. The zero-order valence-corrected chi connectivity index (χ0v) is 14.5. The van der Waals surface area contributed by atoms with Gasteiger partial charge in [0.05, 0.1) is 23.1 Å². The van der Waals surface area contributed by atoms with E-state index in [-0.39, 0.29) is 17.6 Å². The zero-order chi connectivity index (χ0) is 19.6. The summed E-state index contributed by atoms with van der Waals surface area (Å²) in [5, 5.41) is 10.8. The van der Waals surface area contributed by atoms with E-state index >= 15 is 0 Å². The maximum absolute atomic E-state index is 12.8. The second-order valence-corrected chi connectivity index (χ2v) is 6.45. The molecule has 1 aromatic heterocycles. The average molecular weight is 381 g/mol. The molecule has 0 radical (unpaired) electrons. The van der Waals surface area contributed by atoms with E-state index in [0.717, 1.165) is 17.7 Å². The quantitative estimate of drug-likeness (QED) is 0.578.